The van der Waals surface area contributed by atoms with Gasteiger partial charge in [0.25, 0.3) is 0 Å². The molecule has 0 aromatic heterocycles. The number of rotatable bonds is 2. The number of halogens is 3. The largest absolute Gasteiger partial charge is 0.379 e. The molecule has 0 saturated carbocycles. The van der Waals surface area contributed by atoms with Gasteiger partial charge in [-0.05, 0) is 69.8 Å². The van der Waals surface area contributed by atoms with E-state index >= 15 is 0 Å². The molecule has 0 bridgehead atoms. The first-order valence-corrected chi connectivity index (χ1v) is 9.18. The van der Waals surface area contributed by atoms with Gasteiger partial charge in [0.15, 0.2) is 0 Å². The van der Waals surface area contributed by atoms with Gasteiger partial charge in [0.05, 0.1) is 5.69 Å². The average molecular weight is 453 g/mol. The van der Waals surface area contributed by atoms with E-state index in [1.165, 1.54) is 44.5 Å². The lowest BCUT2D eigenvalue weighted by Crippen LogP contribution is -2.41. The fraction of sp³-hybridized carbons (Fsp3) is 0.571. The number of nitrogens with zero attached hydrogens (tertiary/aromatic N) is 1. The highest BCUT2D eigenvalue weighted by Gasteiger charge is 2.35. The van der Waals surface area contributed by atoms with Crippen molar-refractivity contribution in [3.05, 3.63) is 25.6 Å². The second kappa shape index (κ2) is 6.04. The van der Waals surface area contributed by atoms with E-state index in [2.05, 4.69) is 70.1 Å². The number of hydrogen-bond donors (Lipinski definition) is 1. The van der Waals surface area contributed by atoms with Crippen molar-refractivity contribution in [2.24, 2.45) is 0 Å². The molecule has 1 aromatic rings. The van der Waals surface area contributed by atoms with Crippen LogP contribution in [-0.4, -0.2) is 30.1 Å². The van der Waals surface area contributed by atoms with E-state index in [1.54, 1.807) is 0 Å². The van der Waals surface area contributed by atoms with Gasteiger partial charge in [-0.2, -0.15) is 0 Å². The van der Waals surface area contributed by atoms with Crippen LogP contribution in [-0.2, 0) is 0 Å². The third-order valence-electron chi connectivity index (χ3n) is 4.19. The molecule has 3 rings (SSSR count). The average Bonchev–Trinajstić information content (AvgIpc) is 2.77. The van der Waals surface area contributed by atoms with Gasteiger partial charge in [-0.3, -0.25) is 4.90 Å². The lowest BCUT2D eigenvalue weighted by Gasteiger charge is -2.33. The second-order valence-corrected chi connectivity index (χ2v) is 8.01. The minimum Gasteiger partial charge on any atom is -0.379 e. The maximum Gasteiger partial charge on any atom is 0.0632 e. The van der Waals surface area contributed by atoms with Crippen LogP contribution in [0.2, 0.25) is 0 Å². The topological polar surface area (TPSA) is 15.3 Å². The summed E-state index contributed by atoms with van der Waals surface area (Å²) in [5.41, 5.74) is 1.18. The Morgan fingerprint density at radius 2 is 1.74 bits per heavy atom. The Hall–Kier alpha value is 0.420. The van der Waals surface area contributed by atoms with Crippen LogP contribution in [0.3, 0.4) is 0 Å². The molecule has 2 heterocycles. The lowest BCUT2D eigenvalue weighted by molar-refractivity contribution is 0.192. The van der Waals surface area contributed by atoms with Crippen LogP contribution >= 0.6 is 47.8 Å². The molecule has 2 saturated heterocycles. The standard InChI is InChI=1S/C14H17Br3N2/c15-9-7-10(16)14(11(17)8-9)18-12-4-6-19-5-2-1-3-13(12)19/h7-8,12-13,18H,1-6H2. The van der Waals surface area contributed by atoms with E-state index in [0.717, 1.165) is 19.5 Å². The van der Waals surface area contributed by atoms with Crippen LogP contribution in [0, 0.1) is 0 Å². The van der Waals surface area contributed by atoms with Crippen LogP contribution in [0.25, 0.3) is 0 Å². The molecular weight excluding hydrogens is 436 g/mol. The van der Waals surface area contributed by atoms with Crippen LogP contribution < -0.4 is 5.32 Å². The molecule has 1 aromatic carbocycles. The molecule has 2 atom stereocenters. The Balaban J connectivity index is 1.78. The van der Waals surface area contributed by atoms with E-state index in [9.17, 15) is 0 Å². The van der Waals surface area contributed by atoms with Gasteiger partial charge in [0.1, 0.15) is 0 Å². The summed E-state index contributed by atoms with van der Waals surface area (Å²) in [4.78, 5) is 2.65. The fourth-order valence-electron chi connectivity index (χ4n) is 3.28. The van der Waals surface area contributed by atoms with Gasteiger partial charge in [0.2, 0.25) is 0 Å². The molecule has 2 unspecified atom stereocenters. The van der Waals surface area contributed by atoms with E-state index in [0.29, 0.717) is 6.04 Å². The molecule has 1 N–H and O–H groups in total. The molecule has 104 valence electrons. The van der Waals surface area contributed by atoms with Gasteiger partial charge in [-0.25, -0.2) is 0 Å². The zero-order chi connectivity index (χ0) is 13.4. The van der Waals surface area contributed by atoms with E-state index < -0.39 is 0 Å². The summed E-state index contributed by atoms with van der Waals surface area (Å²) in [5, 5.41) is 3.75. The first-order valence-electron chi connectivity index (χ1n) is 6.80. The van der Waals surface area contributed by atoms with Gasteiger partial charge >= 0.3 is 0 Å². The molecule has 0 amide bonds. The number of anilines is 1. The molecular formula is C14H17Br3N2. The third-order valence-corrected chi connectivity index (χ3v) is 5.90. The van der Waals surface area contributed by atoms with Crippen molar-refractivity contribution in [1.82, 2.24) is 4.90 Å². The first-order chi connectivity index (χ1) is 9.15. The fourth-order valence-corrected chi connectivity index (χ4v) is 5.77. The summed E-state index contributed by atoms with van der Waals surface area (Å²) in [6.07, 6.45) is 5.33. The Kier molecular flexibility index (Phi) is 4.57. The van der Waals surface area contributed by atoms with E-state index in [-0.39, 0.29) is 0 Å². The predicted octanol–water partition coefficient (Wildman–Crippen LogP) is 5.01. The monoisotopic (exact) mass is 450 g/mol. The maximum absolute atomic E-state index is 3.75. The van der Waals surface area contributed by atoms with Crippen molar-refractivity contribution in [3.8, 4) is 0 Å². The Labute approximate surface area is 139 Å². The van der Waals surface area contributed by atoms with Crippen LogP contribution in [0.1, 0.15) is 25.7 Å². The lowest BCUT2D eigenvalue weighted by atomic mass is 9.99. The molecule has 0 radical (unpaired) electrons. The Morgan fingerprint density at radius 3 is 2.47 bits per heavy atom. The smallest absolute Gasteiger partial charge is 0.0632 e. The molecule has 2 aliphatic rings. The summed E-state index contributed by atoms with van der Waals surface area (Å²) in [7, 11) is 0. The van der Waals surface area contributed by atoms with E-state index in [1.807, 2.05) is 0 Å². The van der Waals surface area contributed by atoms with Crippen LogP contribution in [0.5, 0.6) is 0 Å². The Morgan fingerprint density at radius 1 is 1.00 bits per heavy atom. The molecule has 2 nitrogen and oxygen atoms in total. The number of nitrogens with one attached hydrogen (secondary N) is 1. The quantitative estimate of drug-likeness (QED) is 0.678. The maximum atomic E-state index is 3.75. The van der Waals surface area contributed by atoms with Crippen molar-refractivity contribution >= 4 is 53.5 Å². The minimum atomic E-state index is 0.578. The first kappa shape index (κ1) is 14.4. The SMILES string of the molecule is Brc1cc(Br)c(NC2CCN3CCCCC23)c(Br)c1. The van der Waals surface area contributed by atoms with Crippen LogP contribution in [0.15, 0.2) is 25.6 Å². The highest BCUT2D eigenvalue weighted by Crippen LogP contribution is 2.37. The summed E-state index contributed by atoms with van der Waals surface area (Å²) in [5.74, 6) is 0. The van der Waals surface area contributed by atoms with Gasteiger partial charge < -0.3 is 5.32 Å². The summed E-state index contributed by atoms with van der Waals surface area (Å²) >= 11 is 10.8. The van der Waals surface area contributed by atoms with Crippen molar-refractivity contribution < 1.29 is 0 Å². The molecule has 19 heavy (non-hydrogen) atoms. The van der Waals surface area contributed by atoms with E-state index in [4.69, 9.17) is 0 Å². The highest BCUT2D eigenvalue weighted by molar-refractivity contribution is 9.11. The van der Waals surface area contributed by atoms with Crippen molar-refractivity contribution in [2.75, 3.05) is 18.4 Å². The molecule has 5 heteroatoms. The Bertz CT molecular complexity index is 455. The summed E-state index contributed by atoms with van der Waals surface area (Å²) in [6.45, 7) is 2.53. The summed E-state index contributed by atoms with van der Waals surface area (Å²) < 4.78 is 3.31. The third kappa shape index (κ3) is 3.04. The highest BCUT2D eigenvalue weighted by atomic mass is 79.9. The number of fused-ring (bicyclic) bond motifs is 1. The van der Waals surface area contributed by atoms with Crippen molar-refractivity contribution in [2.45, 2.75) is 37.8 Å². The molecule has 0 aliphatic carbocycles. The second-order valence-electron chi connectivity index (χ2n) is 5.38. The van der Waals surface area contributed by atoms with Crippen LogP contribution in [0.4, 0.5) is 5.69 Å². The zero-order valence-electron chi connectivity index (χ0n) is 10.6. The van der Waals surface area contributed by atoms with Crippen molar-refractivity contribution in [3.63, 3.8) is 0 Å². The van der Waals surface area contributed by atoms with Gasteiger partial charge in [0, 0.05) is 32.0 Å². The molecule has 2 aliphatic heterocycles. The number of hydrogen-bond acceptors (Lipinski definition) is 2. The van der Waals surface area contributed by atoms with Crippen molar-refractivity contribution in [1.29, 1.82) is 0 Å². The molecule has 0 spiro atoms. The minimum absolute atomic E-state index is 0.578. The van der Waals surface area contributed by atoms with Gasteiger partial charge in [-0.15, -0.1) is 0 Å². The molecule has 2 fully saturated rings. The predicted molar refractivity (Wildman–Crippen MR) is 90.8 cm³/mol. The summed E-state index contributed by atoms with van der Waals surface area (Å²) in [6, 6.07) is 5.49. The zero-order valence-corrected chi connectivity index (χ0v) is 15.4. The van der Waals surface area contributed by atoms with Gasteiger partial charge in [-0.1, -0.05) is 22.4 Å². The normalized spacial score (nSPS) is 27.3. The number of benzene rings is 1. The number of piperidine rings is 1.